The number of nitrogens with zero attached hydrogens (tertiary/aromatic N) is 2. The van der Waals surface area contributed by atoms with Crippen molar-refractivity contribution in [3.63, 3.8) is 0 Å². The molecular weight excluding hydrogens is 240 g/mol. The van der Waals surface area contributed by atoms with Gasteiger partial charge in [-0.2, -0.15) is 5.10 Å². The Kier molecular flexibility index (Phi) is 2.69. The van der Waals surface area contributed by atoms with Crippen molar-refractivity contribution in [3.05, 3.63) is 16.9 Å². The number of halogens is 1. The molecule has 3 unspecified atom stereocenters. The Balaban J connectivity index is 1.93. The van der Waals surface area contributed by atoms with Gasteiger partial charge < -0.3 is 9.84 Å². The molecule has 0 saturated heterocycles. The fourth-order valence-corrected chi connectivity index (χ4v) is 3.48. The summed E-state index contributed by atoms with van der Waals surface area (Å²) in [5.74, 6) is 1.08. The van der Waals surface area contributed by atoms with Gasteiger partial charge in [-0.1, -0.05) is 11.6 Å². The first kappa shape index (κ1) is 11.5. The van der Waals surface area contributed by atoms with Gasteiger partial charge in [0.1, 0.15) is 5.60 Å². The lowest BCUT2D eigenvalue weighted by Gasteiger charge is -2.26. The van der Waals surface area contributed by atoms with Crippen LogP contribution >= 0.6 is 11.6 Å². The van der Waals surface area contributed by atoms with E-state index in [0.717, 1.165) is 25.0 Å². The minimum atomic E-state index is -0.758. The monoisotopic (exact) mass is 256 g/mol. The largest absolute Gasteiger partial charge is 0.383 e. The maximum atomic E-state index is 10.8. The van der Waals surface area contributed by atoms with E-state index in [0.29, 0.717) is 30.0 Å². The van der Waals surface area contributed by atoms with Crippen LogP contribution in [0.3, 0.4) is 0 Å². The number of hydrogen-bond acceptors (Lipinski definition) is 3. The normalized spacial score (nSPS) is 35.0. The Labute approximate surface area is 106 Å². The third-order valence-corrected chi connectivity index (χ3v) is 4.42. The van der Waals surface area contributed by atoms with E-state index in [4.69, 9.17) is 16.3 Å². The third-order valence-electron chi connectivity index (χ3n) is 4.14. The summed E-state index contributed by atoms with van der Waals surface area (Å²) in [5, 5.41) is 15.7. The topological polar surface area (TPSA) is 47.3 Å². The van der Waals surface area contributed by atoms with Crippen molar-refractivity contribution in [2.24, 2.45) is 11.8 Å². The fraction of sp³-hybridized carbons (Fsp3) is 0.750. The standard InChI is InChI=1S/C12H17ClN2O2/c1-17-5-4-15-11(10(13)7-14-15)12(16)3-2-8-6-9(8)12/h7-9,16H,2-6H2,1H3. The molecule has 1 N–H and O–H groups in total. The van der Waals surface area contributed by atoms with Crippen LogP contribution in [0.1, 0.15) is 25.0 Å². The van der Waals surface area contributed by atoms with Crippen LogP contribution in [0.4, 0.5) is 0 Å². The molecule has 0 radical (unpaired) electrons. The second kappa shape index (κ2) is 3.97. The molecule has 2 fully saturated rings. The Morgan fingerprint density at radius 3 is 3.12 bits per heavy atom. The highest BCUT2D eigenvalue weighted by molar-refractivity contribution is 6.31. The molecule has 0 spiro atoms. The first-order valence-corrected chi connectivity index (χ1v) is 6.47. The van der Waals surface area contributed by atoms with E-state index >= 15 is 0 Å². The van der Waals surface area contributed by atoms with Gasteiger partial charge in [0.05, 0.1) is 30.1 Å². The molecule has 17 heavy (non-hydrogen) atoms. The molecule has 0 amide bonds. The summed E-state index contributed by atoms with van der Waals surface area (Å²) in [4.78, 5) is 0. The number of methoxy groups -OCH3 is 1. The van der Waals surface area contributed by atoms with Gasteiger partial charge in [0.15, 0.2) is 0 Å². The lowest BCUT2D eigenvalue weighted by atomic mass is 9.93. The average molecular weight is 257 g/mol. The van der Waals surface area contributed by atoms with Crippen LogP contribution in [0, 0.1) is 11.8 Å². The van der Waals surface area contributed by atoms with Gasteiger partial charge in [-0.25, -0.2) is 0 Å². The molecule has 94 valence electrons. The molecule has 1 aromatic rings. The van der Waals surface area contributed by atoms with Crippen LogP contribution in [-0.4, -0.2) is 28.6 Å². The first-order chi connectivity index (χ1) is 8.16. The zero-order valence-corrected chi connectivity index (χ0v) is 10.7. The van der Waals surface area contributed by atoms with E-state index in [2.05, 4.69) is 5.10 Å². The fourth-order valence-electron chi connectivity index (χ4n) is 3.18. The molecular formula is C12H17ClN2O2. The van der Waals surface area contributed by atoms with Crippen molar-refractivity contribution in [3.8, 4) is 0 Å². The molecule has 1 heterocycles. The summed E-state index contributed by atoms with van der Waals surface area (Å²) in [7, 11) is 1.66. The molecule has 0 aliphatic heterocycles. The van der Waals surface area contributed by atoms with Gasteiger partial charge in [-0.05, 0) is 31.1 Å². The maximum Gasteiger partial charge on any atom is 0.111 e. The molecule has 0 bridgehead atoms. The summed E-state index contributed by atoms with van der Waals surface area (Å²) < 4.78 is 6.86. The van der Waals surface area contributed by atoms with E-state index < -0.39 is 5.60 Å². The highest BCUT2D eigenvalue weighted by Gasteiger charge is 2.59. The van der Waals surface area contributed by atoms with E-state index in [1.807, 2.05) is 0 Å². The van der Waals surface area contributed by atoms with Gasteiger partial charge in [0.25, 0.3) is 0 Å². The van der Waals surface area contributed by atoms with Crippen LogP contribution in [0.25, 0.3) is 0 Å². The predicted molar refractivity (Wildman–Crippen MR) is 63.8 cm³/mol. The van der Waals surface area contributed by atoms with Gasteiger partial charge in [-0.15, -0.1) is 0 Å². The summed E-state index contributed by atoms with van der Waals surface area (Å²) in [5.41, 5.74) is 0.0348. The van der Waals surface area contributed by atoms with Gasteiger partial charge >= 0.3 is 0 Å². The van der Waals surface area contributed by atoms with Crippen LogP contribution in [0.2, 0.25) is 5.02 Å². The lowest BCUT2D eigenvalue weighted by Crippen LogP contribution is -2.30. The zero-order chi connectivity index (χ0) is 12.0. The summed E-state index contributed by atoms with van der Waals surface area (Å²) in [6.07, 6.45) is 4.66. The maximum absolute atomic E-state index is 10.8. The van der Waals surface area contributed by atoms with Gasteiger partial charge in [0, 0.05) is 7.11 Å². The van der Waals surface area contributed by atoms with E-state index in [1.54, 1.807) is 18.0 Å². The van der Waals surface area contributed by atoms with Crippen LogP contribution in [0.5, 0.6) is 0 Å². The van der Waals surface area contributed by atoms with Crippen molar-refractivity contribution in [1.82, 2.24) is 9.78 Å². The molecule has 0 aromatic carbocycles. The van der Waals surface area contributed by atoms with Gasteiger partial charge in [0.2, 0.25) is 0 Å². The van der Waals surface area contributed by atoms with Crippen LogP contribution in [0.15, 0.2) is 6.20 Å². The highest BCUT2D eigenvalue weighted by Crippen LogP contribution is 2.62. The Hall–Kier alpha value is -0.580. The van der Waals surface area contributed by atoms with Crippen LogP contribution < -0.4 is 0 Å². The third kappa shape index (κ3) is 1.70. The second-order valence-corrected chi connectivity index (χ2v) is 5.53. The summed E-state index contributed by atoms with van der Waals surface area (Å²) >= 11 is 6.19. The molecule has 2 aliphatic rings. The molecule has 2 saturated carbocycles. The van der Waals surface area contributed by atoms with E-state index in [-0.39, 0.29) is 0 Å². The summed E-state index contributed by atoms with van der Waals surface area (Å²) in [6.45, 7) is 1.22. The van der Waals surface area contributed by atoms with Gasteiger partial charge in [-0.3, -0.25) is 4.68 Å². The molecule has 1 aromatic heterocycles. The first-order valence-electron chi connectivity index (χ1n) is 6.10. The molecule has 3 rings (SSSR count). The Morgan fingerprint density at radius 2 is 2.53 bits per heavy atom. The average Bonchev–Trinajstić information content (AvgIpc) is 2.92. The van der Waals surface area contributed by atoms with Crippen molar-refractivity contribution in [2.45, 2.75) is 31.4 Å². The quantitative estimate of drug-likeness (QED) is 0.894. The number of hydrogen-bond donors (Lipinski definition) is 1. The smallest absolute Gasteiger partial charge is 0.111 e. The summed E-state index contributed by atoms with van der Waals surface area (Å²) in [6, 6.07) is 0. The van der Waals surface area contributed by atoms with E-state index in [9.17, 15) is 5.11 Å². The van der Waals surface area contributed by atoms with Crippen molar-refractivity contribution < 1.29 is 9.84 Å². The molecule has 3 atom stereocenters. The van der Waals surface area contributed by atoms with Crippen LogP contribution in [-0.2, 0) is 16.9 Å². The lowest BCUT2D eigenvalue weighted by molar-refractivity contribution is 0.0107. The van der Waals surface area contributed by atoms with Crippen molar-refractivity contribution in [2.75, 3.05) is 13.7 Å². The second-order valence-electron chi connectivity index (χ2n) is 5.12. The number of rotatable bonds is 4. The highest BCUT2D eigenvalue weighted by atomic mass is 35.5. The number of ether oxygens (including phenoxy) is 1. The number of fused-ring (bicyclic) bond motifs is 1. The van der Waals surface area contributed by atoms with E-state index in [1.165, 1.54) is 0 Å². The SMILES string of the molecule is COCCn1ncc(Cl)c1C1(O)CCC2CC21. The van der Waals surface area contributed by atoms with Crippen molar-refractivity contribution in [1.29, 1.82) is 0 Å². The predicted octanol–water partition coefficient (Wildman–Crippen LogP) is 1.80. The zero-order valence-electron chi connectivity index (χ0n) is 9.90. The molecule has 5 heteroatoms. The van der Waals surface area contributed by atoms with Crippen molar-refractivity contribution >= 4 is 11.6 Å². The molecule has 4 nitrogen and oxygen atoms in total. The minimum Gasteiger partial charge on any atom is -0.383 e. The molecule has 2 aliphatic carbocycles. The Morgan fingerprint density at radius 1 is 1.71 bits per heavy atom. The number of aromatic nitrogens is 2. The number of aliphatic hydroxyl groups is 1. The minimum absolute atomic E-state index is 0.387. The Bertz CT molecular complexity index is 434.